The third kappa shape index (κ3) is 5.62. The zero-order valence-electron chi connectivity index (χ0n) is 17.6. The van der Waals surface area contributed by atoms with Gasteiger partial charge in [-0.15, -0.1) is 11.3 Å². The summed E-state index contributed by atoms with van der Waals surface area (Å²) in [6.45, 7) is 0.413. The van der Waals surface area contributed by atoms with E-state index in [1.807, 2.05) is 96.4 Å². The number of hydrazone groups is 1. The van der Waals surface area contributed by atoms with E-state index in [2.05, 4.69) is 15.5 Å². The van der Waals surface area contributed by atoms with Crippen LogP contribution in [0.3, 0.4) is 0 Å². The highest BCUT2D eigenvalue weighted by atomic mass is 32.1. The monoisotopic (exact) mass is 441 g/mol. The first-order valence-corrected chi connectivity index (χ1v) is 11.0. The van der Waals surface area contributed by atoms with E-state index in [0.717, 1.165) is 27.5 Å². The summed E-state index contributed by atoms with van der Waals surface area (Å²) in [5.41, 5.74) is 6.94. The Morgan fingerprint density at radius 2 is 1.75 bits per heavy atom. The Bertz CT molecular complexity index is 1190. The molecule has 1 aromatic heterocycles. The molecular weight excluding hydrogens is 418 g/mol. The molecule has 0 saturated heterocycles. The Kier molecular flexibility index (Phi) is 7.29. The number of benzene rings is 3. The largest absolute Gasteiger partial charge is 0.493 e. The minimum Gasteiger partial charge on any atom is -0.493 e. The summed E-state index contributed by atoms with van der Waals surface area (Å²) < 4.78 is 11.5. The molecule has 0 radical (unpaired) electrons. The number of rotatable bonds is 9. The van der Waals surface area contributed by atoms with E-state index in [4.69, 9.17) is 9.47 Å². The van der Waals surface area contributed by atoms with Crippen molar-refractivity contribution in [2.45, 2.75) is 0 Å². The minimum absolute atomic E-state index is 0.413. The van der Waals surface area contributed by atoms with Gasteiger partial charge in [-0.2, -0.15) is 5.10 Å². The van der Waals surface area contributed by atoms with E-state index >= 15 is 0 Å². The summed E-state index contributed by atoms with van der Waals surface area (Å²) in [5, 5.41) is 7.08. The Hall–Kier alpha value is -3.90. The number of thiazole rings is 1. The number of methoxy groups -OCH3 is 1. The number of hydrogen-bond acceptors (Lipinski definition) is 6. The molecule has 5 nitrogen and oxygen atoms in total. The van der Waals surface area contributed by atoms with Gasteiger partial charge >= 0.3 is 0 Å². The number of nitrogens with one attached hydrogen (secondary N) is 1. The number of nitrogens with zero attached hydrogens (tertiary/aromatic N) is 2. The molecule has 0 saturated carbocycles. The van der Waals surface area contributed by atoms with Gasteiger partial charge in [-0.25, -0.2) is 4.98 Å². The Morgan fingerprint density at radius 1 is 0.969 bits per heavy atom. The smallest absolute Gasteiger partial charge is 0.203 e. The first-order valence-electron chi connectivity index (χ1n) is 10.1. The molecule has 0 unspecified atom stereocenters. The van der Waals surface area contributed by atoms with Gasteiger partial charge in [-0.3, -0.25) is 5.43 Å². The van der Waals surface area contributed by atoms with Crippen LogP contribution in [0.5, 0.6) is 11.5 Å². The van der Waals surface area contributed by atoms with Gasteiger partial charge in [0.05, 0.1) is 19.0 Å². The van der Waals surface area contributed by atoms with Crippen molar-refractivity contribution in [1.82, 2.24) is 4.98 Å². The minimum atomic E-state index is 0.413. The van der Waals surface area contributed by atoms with E-state index in [-0.39, 0.29) is 0 Å². The topological polar surface area (TPSA) is 55.7 Å². The summed E-state index contributed by atoms with van der Waals surface area (Å²) in [6, 6.07) is 25.9. The Labute approximate surface area is 191 Å². The first-order chi connectivity index (χ1) is 15.8. The van der Waals surface area contributed by atoms with Crippen LogP contribution in [0.25, 0.3) is 17.3 Å². The second-order valence-electron chi connectivity index (χ2n) is 6.78. The second-order valence-corrected chi connectivity index (χ2v) is 7.63. The van der Waals surface area contributed by atoms with E-state index in [1.54, 1.807) is 13.3 Å². The molecule has 0 aliphatic heterocycles. The molecule has 4 aromatic rings. The quantitative estimate of drug-likeness (QED) is 0.243. The van der Waals surface area contributed by atoms with E-state index in [0.29, 0.717) is 18.1 Å². The van der Waals surface area contributed by atoms with Crippen LogP contribution in [-0.2, 0) is 0 Å². The highest BCUT2D eigenvalue weighted by Gasteiger charge is 2.09. The molecule has 0 spiro atoms. The SMILES string of the molecule is COc1cccc(C=NNc2nc(-c3ccccc3)cs2)c1OCC=Cc1ccccc1. The molecule has 1 N–H and O–H groups in total. The van der Waals surface area contributed by atoms with Gasteiger partial charge in [0.1, 0.15) is 6.61 Å². The summed E-state index contributed by atoms with van der Waals surface area (Å²) >= 11 is 1.51. The standard InChI is InChI=1S/C26H23N3O2S/c1-30-24-16-8-15-22(25(24)31-17-9-12-20-10-4-2-5-11-20)18-27-29-26-28-23(19-32-26)21-13-6-3-7-14-21/h2-16,18-19H,17H2,1H3,(H,28,29). The molecule has 0 atom stereocenters. The lowest BCUT2D eigenvalue weighted by atomic mass is 10.2. The average molecular weight is 442 g/mol. The van der Waals surface area contributed by atoms with Gasteiger partial charge in [-0.1, -0.05) is 72.8 Å². The van der Waals surface area contributed by atoms with Crippen molar-refractivity contribution >= 4 is 28.8 Å². The van der Waals surface area contributed by atoms with E-state index in [1.165, 1.54) is 11.3 Å². The lowest BCUT2D eigenvalue weighted by Crippen LogP contribution is -2.01. The molecule has 6 heteroatoms. The van der Waals surface area contributed by atoms with Crippen LogP contribution in [0.1, 0.15) is 11.1 Å². The molecule has 160 valence electrons. The van der Waals surface area contributed by atoms with Crippen LogP contribution in [0.2, 0.25) is 0 Å². The predicted molar refractivity (Wildman–Crippen MR) is 133 cm³/mol. The Balaban J connectivity index is 1.42. The number of hydrogen-bond donors (Lipinski definition) is 1. The van der Waals surface area contributed by atoms with Crippen molar-refractivity contribution in [2.24, 2.45) is 5.10 Å². The van der Waals surface area contributed by atoms with Crippen LogP contribution < -0.4 is 14.9 Å². The van der Waals surface area contributed by atoms with Crippen molar-refractivity contribution in [3.8, 4) is 22.8 Å². The fourth-order valence-corrected chi connectivity index (χ4v) is 3.72. The number of anilines is 1. The van der Waals surface area contributed by atoms with Gasteiger partial charge < -0.3 is 9.47 Å². The molecule has 0 bridgehead atoms. The predicted octanol–water partition coefficient (Wildman–Crippen LogP) is 6.36. The van der Waals surface area contributed by atoms with E-state index in [9.17, 15) is 0 Å². The summed E-state index contributed by atoms with van der Waals surface area (Å²) in [4.78, 5) is 4.59. The van der Waals surface area contributed by atoms with Crippen LogP contribution in [0, 0.1) is 0 Å². The second kappa shape index (κ2) is 10.9. The molecule has 0 fully saturated rings. The maximum atomic E-state index is 6.00. The Morgan fingerprint density at radius 3 is 2.53 bits per heavy atom. The highest BCUT2D eigenvalue weighted by Crippen LogP contribution is 2.30. The molecular formula is C26H23N3O2S. The molecule has 0 aliphatic carbocycles. The number of para-hydroxylation sites is 1. The lowest BCUT2D eigenvalue weighted by molar-refractivity contribution is 0.326. The maximum Gasteiger partial charge on any atom is 0.203 e. The molecule has 32 heavy (non-hydrogen) atoms. The molecule has 3 aromatic carbocycles. The van der Waals surface area contributed by atoms with Crippen molar-refractivity contribution in [3.63, 3.8) is 0 Å². The van der Waals surface area contributed by atoms with Crippen molar-refractivity contribution in [2.75, 3.05) is 19.1 Å². The summed E-state index contributed by atoms with van der Waals surface area (Å²) in [5.74, 6) is 1.30. The first kappa shape index (κ1) is 21.3. The van der Waals surface area contributed by atoms with Crippen molar-refractivity contribution in [3.05, 3.63) is 101 Å². The van der Waals surface area contributed by atoms with E-state index < -0.39 is 0 Å². The van der Waals surface area contributed by atoms with Gasteiger partial charge in [0.15, 0.2) is 11.5 Å². The van der Waals surface area contributed by atoms with Crippen LogP contribution >= 0.6 is 11.3 Å². The molecule has 4 rings (SSSR count). The highest BCUT2D eigenvalue weighted by molar-refractivity contribution is 7.14. The zero-order chi connectivity index (χ0) is 22.0. The average Bonchev–Trinajstić information content (AvgIpc) is 3.32. The van der Waals surface area contributed by atoms with Crippen LogP contribution in [0.15, 0.2) is 95.4 Å². The summed E-state index contributed by atoms with van der Waals surface area (Å²) in [6.07, 6.45) is 5.71. The third-order valence-corrected chi connectivity index (χ3v) is 5.35. The third-order valence-electron chi connectivity index (χ3n) is 4.60. The fourth-order valence-electron chi connectivity index (χ4n) is 3.05. The number of ether oxygens (including phenoxy) is 2. The van der Waals surface area contributed by atoms with Crippen molar-refractivity contribution < 1.29 is 9.47 Å². The zero-order valence-corrected chi connectivity index (χ0v) is 18.5. The maximum absolute atomic E-state index is 6.00. The van der Waals surface area contributed by atoms with Gasteiger partial charge in [0, 0.05) is 16.5 Å². The summed E-state index contributed by atoms with van der Waals surface area (Å²) in [7, 11) is 1.63. The fraction of sp³-hybridized carbons (Fsp3) is 0.0769. The molecule has 0 aliphatic rings. The molecule has 1 heterocycles. The van der Waals surface area contributed by atoms with Gasteiger partial charge in [-0.05, 0) is 23.8 Å². The van der Waals surface area contributed by atoms with Crippen LogP contribution in [-0.4, -0.2) is 24.9 Å². The van der Waals surface area contributed by atoms with Crippen LogP contribution in [0.4, 0.5) is 5.13 Å². The molecule has 0 amide bonds. The number of aromatic nitrogens is 1. The normalized spacial score (nSPS) is 11.2. The van der Waals surface area contributed by atoms with Crippen molar-refractivity contribution in [1.29, 1.82) is 0 Å². The lowest BCUT2D eigenvalue weighted by Gasteiger charge is -2.11. The van der Waals surface area contributed by atoms with Gasteiger partial charge in [0.2, 0.25) is 5.13 Å². The van der Waals surface area contributed by atoms with Gasteiger partial charge in [0.25, 0.3) is 0 Å².